The molecule has 3 atom stereocenters. The Labute approximate surface area is 126 Å². The van der Waals surface area contributed by atoms with Gasteiger partial charge in [0.2, 0.25) is 0 Å². The molecule has 0 aliphatic heterocycles. The third kappa shape index (κ3) is 2.10. The van der Waals surface area contributed by atoms with Crippen LogP contribution in [0.4, 0.5) is 0 Å². The van der Waals surface area contributed by atoms with Gasteiger partial charge in [0.1, 0.15) is 6.10 Å². The van der Waals surface area contributed by atoms with Crippen molar-refractivity contribution in [2.24, 2.45) is 22.5 Å². The molecule has 21 heavy (non-hydrogen) atoms. The molecule has 3 nitrogen and oxygen atoms in total. The van der Waals surface area contributed by atoms with Crippen LogP contribution in [0.25, 0.3) is 0 Å². The van der Waals surface area contributed by atoms with Crippen LogP contribution in [-0.4, -0.2) is 12.1 Å². The van der Waals surface area contributed by atoms with Gasteiger partial charge in [-0.05, 0) is 48.3 Å². The summed E-state index contributed by atoms with van der Waals surface area (Å²) >= 11 is 0. The van der Waals surface area contributed by atoms with E-state index in [0.717, 1.165) is 18.4 Å². The zero-order valence-corrected chi connectivity index (χ0v) is 13.2. The second-order valence-electron chi connectivity index (χ2n) is 7.41. The van der Waals surface area contributed by atoms with Gasteiger partial charge in [-0.3, -0.25) is 0 Å². The number of fused-ring (bicyclic) bond motifs is 2. The quantitative estimate of drug-likeness (QED) is 0.865. The zero-order valence-electron chi connectivity index (χ0n) is 13.2. The first-order chi connectivity index (χ1) is 9.88. The van der Waals surface area contributed by atoms with E-state index in [-0.39, 0.29) is 22.9 Å². The topological polar surface area (TPSA) is 52.3 Å². The van der Waals surface area contributed by atoms with Crippen molar-refractivity contribution >= 4 is 5.97 Å². The van der Waals surface area contributed by atoms with Gasteiger partial charge in [0.25, 0.3) is 0 Å². The van der Waals surface area contributed by atoms with Gasteiger partial charge in [0.05, 0.1) is 5.56 Å². The molecule has 2 saturated carbocycles. The van der Waals surface area contributed by atoms with Gasteiger partial charge in [-0.2, -0.15) is 0 Å². The Kier molecular flexibility index (Phi) is 3.36. The van der Waals surface area contributed by atoms with Crippen molar-refractivity contribution < 1.29 is 9.53 Å². The highest BCUT2D eigenvalue weighted by atomic mass is 16.5. The average Bonchev–Trinajstić information content (AvgIpc) is 2.80. The van der Waals surface area contributed by atoms with Crippen molar-refractivity contribution in [2.45, 2.75) is 52.7 Å². The maximum absolute atomic E-state index is 12.4. The van der Waals surface area contributed by atoms with Crippen LogP contribution in [0, 0.1) is 16.7 Å². The summed E-state index contributed by atoms with van der Waals surface area (Å²) in [7, 11) is 0. The Hall–Kier alpha value is -1.35. The van der Waals surface area contributed by atoms with Crippen LogP contribution in [0.1, 0.15) is 56.0 Å². The highest BCUT2D eigenvalue weighted by Gasteiger charge is 2.62. The van der Waals surface area contributed by atoms with E-state index in [2.05, 4.69) is 20.8 Å². The summed E-state index contributed by atoms with van der Waals surface area (Å²) in [4.78, 5) is 12.4. The van der Waals surface area contributed by atoms with Gasteiger partial charge in [-0.1, -0.05) is 32.9 Å². The predicted molar refractivity (Wildman–Crippen MR) is 82.8 cm³/mol. The molecule has 3 heteroatoms. The second kappa shape index (κ2) is 4.84. The molecule has 0 amide bonds. The highest BCUT2D eigenvalue weighted by molar-refractivity contribution is 5.89. The summed E-state index contributed by atoms with van der Waals surface area (Å²) in [6, 6.07) is 7.41. The molecule has 2 aliphatic rings. The van der Waals surface area contributed by atoms with E-state index >= 15 is 0 Å². The number of hydrogen-bond acceptors (Lipinski definition) is 3. The number of rotatable bonds is 3. The standard InChI is InChI=1S/C18H25NO2/c1-17(2)14-8-9-18(17,3)15(10-14)21-16(20)13-6-4-12(11-19)5-7-13/h4-7,14-15H,8-11,19H2,1-3H3. The molecule has 0 spiro atoms. The number of nitrogens with two attached hydrogens (primary N) is 1. The van der Waals surface area contributed by atoms with Crippen molar-refractivity contribution in [3.8, 4) is 0 Å². The van der Waals surface area contributed by atoms with Gasteiger partial charge in [0, 0.05) is 12.0 Å². The summed E-state index contributed by atoms with van der Waals surface area (Å²) in [6.07, 6.45) is 3.49. The van der Waals surface area contributed by atoms with Gasteiger partial charge < -0.3 is 10.5 Å². The van der Waals surface area contributed by atoms with E-state index < -0.39 is 0 Å². The SMILES string of the molecule is CC1(C)C2CCC1(C)C(OC(=O)c1ccc(CN)cc1)C2. The minimum absolute atomic E-state index is 0.0490. The molecule has 2 fully saturated rings. The first-order valence-corrected chi connectivity index (χ1v) is 7.88. The molecular weight excluding hydrogens is 262 g/mol. The van der Waals surface area contributed by atoms with Gasteiger partial charge in [0.15, 0.2) is 0 Å². The van der Waals surface area contributed by atoms with E-state index in [9.17, 15) is 4.79 Å². The van der Waals surface area contributed by atoms with E-state index in [0.29, 0.717) is 18.0 Å². The maximum atomic E-state index is 12.4. The molecule has 0 heterocycles. The summed E-state index contributed by atoms with van der Waals surface area (Å²) in [5, 5.41) is 0. The molecule has 3 unspecified atom stereocenters. The summed E-state index contributed by atoms with van der Waals surface area (Å²) < 4.78 is 5.87. The first kappa shape index (κ1) is 14.6. The number of carbonyl (C=O) groups excluding carboxylic acids is 1. The maximum Gasteiger partial charge on any atom is 0.338 e. The lowest BCUT2D eigenvalue weighted by Gasteiger charge is -2.38. The average molecular weight is 287 g/mol. The third-order valence-corrected chi connectivity index (χ3v) is 6.39. The van der Waals surface area contributed by atoms with Crippen molar-refractivity contribution in [1.82, 2.24) is 0 Å². The van der Waals surface area contributed by atoms with Crippen LogP contribution < -0.4 is 5.73 Å². The Bertz CT molecular complexity index is 549. The van der Waals surface area contributed by atoms with E-state index in [1.165, 1.54) is 6.42 Å². The molecule has 2 N–H and O–H groups in total. The minimum atomic E-state index is -0.201. The van der Waals surface area contributed by atoms with Crippen molar-refractivity contribution in [1.29, 1.82) is 0 Å². The predicted octanol–water partition coefficient (Wildman–Crippen LogP) is 3.52. The number of ether oxygens (including phenoxy) is 1. The summed E-state index contributed by atoms with van der Waals surface area (Å²) in [5.41, 5.74) is 7.61. The number of carbonyl (C=O) groups is 1. The van der Waals surface area contributed by atoms with Gasteiger partial charge in [-0.25, -0.2) is 4.79 Å². The Morgan fingerprint density at radius 1 is 1.29 bits per heavy atom. The fourth-order valence-corrected chi connectivity index (χ4v) is 4.28. The smallest absolute Gasteiger partial charge is 0.338 e. The van der Waals surface area contributed by atoms with Crippen molar-refractivity contribution in [3.05, 3.63) is 35.4 Å². The molecule has 114 valence electrons. The van der Waals surface area contributed by atoms with E-state index in [1.807, 2.05) is 24.3 Å². The van der Waals surface area contributed by atoms with Gasteiger partial charge >= 0.3 is 5.97 Å². The van der Waals surface area contributed by atoms with Gasteiger partial charge in [-0.15, -0.1) is 0 Å². The molecule has 0 aromatic heterocycles. The fraction of sp³-hybridized carbons (Fsp3) is 0.611. The third-order valence-electron chi connectivity index (χ3n) is 6.39. The van der Waals surface area contributed by atoms with Crippen LogP contribution in [0.3, 0.4) is 0 Å². The van der Waals surface area contributed by atoms with Crippen LogP contribution in [-0.2, 0) is 11.3 Å². The first-order valence-electron chi connectivity index (χ1n) is 7.88. The summed E-state index contributed by atoms with van der Waals surface area (Å²) in [6.45, 7) is 7.43. The lowest BCUT2D eigenvalue weighted by molar-refractivity contribution is -0.0242. The Morgan fingerprint density at radius 3 is 2.43 bits per heavy atom. The lowest BCUT2D eigenvalue weighted by atomic mass is 9.70. The molecule has 0 saturated heterocycles. The number of hydrogen-bond donors (Lipinski definition) is 1. The van der Waals surface area contributed by atoms with Crippen molar-refractivity contribution in [3.63, 3.8) is 0 Å². The molecule has 1 aromatic carbocycles. The minimum Gasteiger partial charge on any atom is -0.458 e. The molecule has 3 rings (SSSR count). The Balaban J connectivity index is 1.74. The monoisotopic (exact) mass is 287 g/mol. The molecule has 0 radical (unpaired) electrons. The molecule has 1 aromatic rings. The zero-order chi connectivity index (χ0) is 15.3. The second-order valence-corrected chi connectivity index (χ2v) is 7.41. The lowest BCUT2D eigenvalue weighted by Crippen LogP contribution is -2.38. The van der Waals surface area contributed by atoms with Crippen molar-refractivity contribution in [2.75, 3.05) is 0 Å². The fourth-order valence-electron chi connectivity index (χ4n) is 4.28. The van der Waals surface area contributed by atoms with Crippen LogP contribution in [0.5, 0.6) is 0 Å². The summed E-state index contributed by atoms with van der Waals surface area (Å²) in [5.74, 6) is 0.480. The van der Waals surface area contributed by atoms with E-state index in [1.54, 1.807) is 0 Å². The number of esters is 1. The molecule has 2 bridgehead atoms. The number of benzene rings is 1. The largest absolute Gasteiger partial charge is 0.458 e. The van der Waals surface area contributed by atoms with Crippen LogP contribution >= 0.6 is 0 Å². The Morgan fingerprint density at radius 2 is 1.95 bits per heavy atom. The molecular formula is C18H25NO2. The highest BCUT2D eigenvalue weighted by Crippen LogP contribution is 2.66. The normalized spacial score (nSPS) is 33.1. The van der Waals surface area contributed by atoms with E-state index in [4.69, 9.17) is 10.5 Å². The molecule has 2 aliphatic carbocycles. The van der Waals surface area contributed by atoms with Crippen LogP contribution in [0.15, 0.2) is 24.3 Å². The van der Waals surface area contributed by atoms with Crippen LogP contribution in [0.2, 0.25) is 0 Å².